The SMILES string of the molecule is CNC(C(=O)OC)c1cc(F)ccc1O. The molecule has 5 heteroatoms. The zero-order valence-electron chi connectivity index (χ0n) is 8.45. The molecule has 1 aromatic rings. The van der Waals surface area contributed by atoms with Gasteiger partial charge >= 0.3 is 5.97 Å². The van der Waals surface area contributed by atoms with Crippen molar-refractivity contribution in [2.75, 3.05) is 14.2 Å². The van der Waals surface area contributed by atoms with Crippen LogP contribution in [0.3, 0.4) is 0 Å². The number of benzene rings is 1. The maximum atomic E-state index is 12.9. The molecule has 1 unspecified atom stereocenters. The summed E-state index contributed by atoms with van der Waals surface area (Å²) in [5, 5.41) is 12.1. The molecule has 15 heavy (non-hydrogen) atoms. The Labute approximate surface area is 86.7 Å². The topological polar surface area (TPSA) is 58.6 Å². The number of methoxy groups -OCH3 is 1. The van der Waals surface area contributed by atoms with E-state index in [-0.39, 0.29) is 11.3 Å². The van der Waals surface area contributed by atoms with Crippen LogP contribution in [0.1, 0.15) is 11.6 Å². The van der Waals surface area contributed by atoms with Crippen LogP contribution in [0.5, 0.6) is 5.75 Å². The molecule has 0 aliphatic heterocycles. The minimum atomic E-state index is -0.870. The van der Waals surface area contributed by atoms with Crippen LogP contribution in [0.4, 0.5) is 4.39 Å². The number of halogens is 1. The van der Waals surface area contributed by atoms with Crippen molar-refractivity contribution in [3.05, 3.63) is 29.6 Å². The average molecular weight is 213 g/mol. The molecule has 1 aromatic carbocycles. The summed E-state index contributed by atoms with van der Waals surface area (Å²) in [5.74, 6) is -1.26. The van der Waals surface area contributed by atoms with E-state index >= 15 is 0 Å². The van der Waals surface area contributed by atoms with E-state index in [1.165, 1.54) is 20.2 Å². The van der Waals surface area contributed by atoms with Crippen LogP contribution in [0.15, 0.2) is 18.2 Å². The molecule has 0 saturated heterocycles. The molecule has 0 bridgehead atoms. The van der Waals surface area contributed by atoms with Crippen LogP contribution in [0.25, 0.3) is 0 Å². The average Bonchev–Trinajstić information content (AvgIpc) is 2.23. The zero-order valence-corrected chi connectivity index (χ0v) is 8.45. The lowest BCUT2D eigenvalue weighted by Gasteiger charge is -2.15. The first-order valence-electron chi connectivity index (χ1n) is 4.33. The molecular formula is C10H12FNO3. The van der Waals surface area contributed by atoms with Gasteiger partial charge in [-0.1, -0.05) is 0 Å². The van der Waals surface area contributed by atoms with E-state index in [1.54, 1.807) is 0 Å². The molecule has 4 nitrogen and oxygen atoms in total. The smallest absolute Gasteiger partial charge is 0.327 e. The second-order valence-electron chi connectivity index (χ2n) is 2.95. The molecule has 0 heterocycles. The number of phenols is 1. The fourth-order valence-corrected chi connectivity index (χ4v) is 1.27. The summed E-state index contributed by atoms with van der Waals surface area (Å²) in [4.78, 5) is 11.3. The van der Waals surface area contributed by atoms with E-state index in [2.05, 4.69) is 10.1 Å². The van der Waals surface area contributed by atoms with Gasteiger partial charge in [0, 0.05) is 5.56 Å². The van der Waals surface area contributed by atoms with Gasteiger partial charge in [0.2, 0.25) is 0 Å². The Balaban J connectivity index is 3.11. The number of nitrogens with one attached hydrogen (secondary N) is 1. The Bertz CT molecular complexity index is 368. The third kappa shape index (κ3) is 2.44. The molecule has 0 saturated carbocycles. The first-order valence-corrected chi connectivity index (χ1v) is 4.33. The highest BCUT2D eigenvalue weighted by molar-refractivity contribution is 5.78. The zero-order chi connectivity index (χ0) is 11.4. The Hall–Kier alpha value is -1.62. The van der Waals surface area contributed by atoms with Crippen molar-refractivity contribution in [3.8, 4) is 5.75 Å². The van der Waals surface area contributed by atoms with Crippen LogP contribution < -0.4 is 5.32 Å². The number of phenolic OH excluding ortho intramolecular Hbond substituents is 1. The lowest BCUT2D eigenvalue weighted by atomic mass is 10.1. The standard InChI is InChI=1S/C10H12FNO3/c1-12-9(10(14)15-2)7-5-6(11)3-4-8(7)13/h3-5,9,12-13H,1-2H3. The van der Waals surface area contributed by atoms with E-state index in [0.717, 1.165) is 12.1 Å². The lowest BCUT2D eigenvalue weighted by Crippen LogP contribution is -2.26. The minimum Gasteiger partial charge on any atom is -0.508 e. The van der Waals surface area contributed by atoms with Crippen LogP contribution in [-0.4, -0.2) is 25.2 Å². The highest BCUT2D eigenvalue weighted by atomic mass is 19.1. The van der Waals surface area contributed by atoms with Crippen molar-refractivity contribution in [2.24, 2.45) is 0 Å². The number of likely N-dealkylation sites (N-methyl/N-ethyl adjacent to an activating group) is 1. The van der Waals surface area contributed by atoms with E-state index < -0.39 is 17.8 Å². The molecular weight excluding hydrogens is 201 g/mol. The van der Waals surface area contributed by atoms with Gasteiger partial charge in [0.05, 0.1) is 7.11 Å². The second-order valence-corrected chi connectivity index (χ2v) is 2.95. The van der Waals surface area contributed by atoms with Gasteiger partial charge < -0.3 is 15.2 Å². The number of carbonyl (C=O) groups excluding carboxylic acids is 1. The number of aromatic hydroxyl groups is 1. The predicted molar refractivity (Wildman–Crippen MR) is 51.9 cm³/mol. The fraction of sp³-hybridized carbons (Fsp3) is 0.300. The van der Waals surface area contributed by atoms with E-state index in [4.69, 9.17) is 0 Å². The summed E-state index contributed by atoms with van der Waals surface area (Å²) < 4.78 is 17.4. The summed E-state index contributed by atoms with van der Waals surface area (Å²) in [6, 6.07) is 2.53. The van der Waals surface area contributed by atoms with E-state index in [1.807, 2.05) is 0 Å². The van der Waals surface area contributed by atoms with Crippen LogP contribution in [-0.2, 0) is 9.53 Å². The van der Waals surface area contributed by atoms with Gasteiger partial charge in [-0.15, -0.1) is 0 Å². The molecule has 82 valence electrons. The third-order valence-electron chi connectivity index (χ3n) is 2.03. The second kappa shape index (κ2) is 4.75. The van der Waals surface area contributed by atoms with Crippen molar-refractivity contribution in [1.82, 2.24) is 5.32 Å². The van der Waals surface area contributed by atoms with Gasteiger partial charge in [0.15, 0.2) is 0 Å². The maximum Gasteiger partial charge on any atom is 0.327 e. The highest BCUT2D eigenvalue weighted by Crippen LogP contribution is 2.25. The van der Waals surface area contributed by atoms with Crippen molar-refractivity contribution in [3.63, 3.8) is 0 Å². The Morgan fingerprint density at radius 3 is 2.80 bits per heavy atom. The number of carbonyl (C=O) groups is 1. The van der Waals surface area contributed by atoms with Gasteiger partial charge in [-0.2, -0.15) is 0 Å². The Morgan fingerprint density at radius 1 is 1.60 bits per heavy atom. The molecule has 0 spiro atoms. The van der Waals surface area contributed by atoms with Crippen LogP contribution in [0.2, 0.25) is 0 Å². The summed E-state index contributed by atoms with van der Waals surface area (Å²) in [7, 11) is 2.74. The molecule has 2 N–H and O–H groups in total. The third-order valence-corrected chi connectivity index (χ3v) is 2.03. The predicted octanol–water partition coefficient (Wildman–Crippen LogP) is 0.965. The molecule has 0 amide bonds. The lowest BCUT2D eigenvalue weighted by molar-refractivity contribution is -0.143. The van der Waals surface area contributed by atoms with Crippen LogP contribution >= 0.6 is 0 Å². The molecule has 0 aliphatic carbocycles. The molecule has 1 atom stereocenters. The largest absolute Gasteiger partial charge is 0.508 e. The summed E-state index contributed by atoms with van der Waals surface area (Å²) in [6.45, 7) is 0. The normalized spacial score (nSPS) is 12.2. The van der Waals surface area contributed by atoms with Crippen LogP contribution in [0, 0.1) is 5.82 Å². The van der Waals surface area contributed by atoms with Crippen molar-refractivity contribution >= 4 is 5.97 Å². The quantitative estimate of drug-likeness (QED) is 0.734. The summed E-state index contributed by atoms with van der Waals surface area (Å²) >= 11 is 0. The summed E-state index contributed by atoms with van der Waals surface area (Å²) in [5.41, 5.74) is 0.157. The monoisotopic (exact) mass is 213 g/mol. The van der Waals surface area contributed by atoms with Crippen molar-refractivity contribution in [1.29, 1.82) is 0 Å². The van der Waals surface area contributed by atoms with Gasteiger partial charge in [0.25, 0.3) is 0 Å². The molecule has 1 rings (SSSR count). The number of esters is 1. The first kappa shape index (κ1) is 11.5. The number of rotatable bonds is 3. The Kier molecular flexibility index (Phi) is 3.62. The molecule has 0 fully saturated rings. The maximum absolute atomic E-state index is 12.9. The van der Waals surface area contributed by atoms with Gasteiger partial charge in [-0.3, -0.25) is 0 Å². The molecule has 0 aliphatic rings. The highest BCUT2D eigenvalue weighted by Gasteiger charge is 2.22. The first-order chi connectivity index (χ1) is 7.10. The Morgan fingerprint density at radius 2 is 2.27 bits per heavy atom. The number of hydrogen-bond acceptors (Lipinski definition) is 4. The van der Waals surface area contributed by atoms with Gasteiger partial charge in [-0.05, 0) is 25.2 Å². The van der Waals surface area contributed by atoms with E-state index in [0.29, 0.717) is 0 Å². The van der Waals surface area contributed by atoms with Gasteiger partial charge in [-0.25, -0.2) is 9.18 Å². The summed E-state index contributed by atoms with van der Waals surface area (Å²) in [6.07, 6.45) is 0. The number of hydrogen-bond donors (Lipinski definition) is 2. The number of ether oxygens (including phenoxy) is 1. The van der Waals surface area contributed by atoms with Gasteiger partial charge in [0.1, 0.15) is 17.6 Å². The molecule has 0 aromatic heterocycles. The van der Waals surface area contributed by atoms with Crippen molar-refractivity contribution in [2.45, 2.75) is 6.04 Å². The molecule has 0 radical (unpaired) electrons. The van der Waals surface area contributed by atoms with Crippen molar-refractivity contribution < 1.29 is 19.0 Å². The minimum absolute atomic E-state index is 0.152. The fourth-order valence-electron chi connectivity index (χ4n) is 1.27. The van der Waals surface area contributed by atoms with E-state index in [9.17, 15) is 14.3 Å².